The Balaban J connectivity index is 1.54. The number of thioether (sulfide) groups is 1. The molecule has 5 nitrogen and oxygen atoms in total. The Bertz CT molecular complexity index is 991. The first-order valence-corrected chi connectivity index (χ1v) is 12.7. The summed E-state index contributed by atoms with van der Waals surface area (Å²) in [6.07, 6.45) is 8.73. The van der Waals surface area contributed by atoms with E-state index in [9.17, 15) is 4.79 Å². The molecule has 0 aliphatic carbocycles. The lowest BCUT2D eigenvalue weighted by Gasteiger charge is -2.08. The predicted octanol–water partition coefficient (Wildman–Crippen LogP) is 7.21. The number of ether oxygens (including phenoxy) is 2. The van der Waals surface area contributed by atoms with E-state index in [1.807, 2.05) is 18.2 Å². The summed E-state index contributed by atoms with van der Waals surface area (Å²) >= 11 is 1.69. The van der Waals surface area contributed by atoms with Crippen LogP contribution in [0.15, 0.2) is 66.0 Å². The number of carbonyl (C=O) groups excluding carboxylic acids is 1. The highest BCUT2D eigenvalue weighted by atomic mass is 32.2. The highest BCUT2D eigenvalue weighted by Crippen LogP contribution is 2.24. The van der Waals surface area contributed by atoms with Crippen molar-refractivity contribution >= 4 is 17.7 Å². The smallest absolute Gasteiger partial charge is 0.343 e. The Morgan fingerprint density at radius 2 is 1.55 bits per heavy atom. The topological polar surface area (TPSA) is 61.3 Å². The largest absolute Gasteiger partial charge is 0.494 e. The number of nitrogens with zero attached hydrogens (tertiary/aromatic N) is 2. The molecule has 0 saturated carbocycles. The van der Waals surface area contributed by atoms with Crippen LogP contribution >= 0.6 is 11.8 Å². The number of carbonyl (C=O) groups is 1. The number of unbranched alkanes of at least 4 members (excludes halogenated alkanes) is 4. The van der Waals surface area contributed by atoms with Crippen LogP contribution in [-0.2, 0) is 0 Å². The molecule has 0 aliphatic rings. The van der Waals surface area contributed by atoms with Gasteiger partial charge in [-0.3, -0.25) is 0 Å². The second-order valence-electron chi connectivity index (χ2n) is 7.77. The molecule has 3 rings (SSSR count). The van der Waals surface area contributed by atoms with Gasteiger partial charge < -0.3 is 9.47 Å². The fourth-order valence-corrected chi connectivity index (χ4v) is 4.00. The van der Waals surface area contributed by atoms with E-state index < -0.39 is 5.97 Å². The van der Waals surface area contributed by atoms with E-state index in [0.29, 0.717) is 17.9 Å². The molecule has 0 amide bonds. The van der Waals surface area contributed by atoms with Crippen molar-refractivity contribution in [3.8, 4) is 22.8 Å². The molecule has 1 aromatic heterocycles. The third-order valence-electron chi connectivity index (χ3n) is 5.08. The molecule has 0 bridgehead atoms. The average molecular weight is 465 g/mol. The Kier molecular flexibility index (Phi) is 10.2. The molecule has 0 radical (unpaired) electrons. The van der Waals surface area contributed by atoms with E-state index in [-0.39, 0.29) is 0 Å². The zero-order chi connectivity index (χ0) is 23.3. The molecular weight excluding hydrogens is 432 g/mol. The second-order valence-corrected chi connectivity index (χ2v) is 8.84. The van der Waals surface area contributed by atoms with Gasteiger partial charge in [-0.25, -0.2) is 14.8 Å². The standard InChI is InChI=1S/C27H32N2O3S/c1-3-5-7-19-31-23-13-11-22(12-14-23)26(30)32-24-15-9-21(10-16-24)25-17-18-28-27(29-25)33-20-8-6-4-2/h9-18H,3-8,19-20H2,1-2H3. The molecule has 6 heteroatoms. The summed E-state index contributed by atoms with van der Waals surface area (Å²) in [5, 5.41) is 0.789. The van der Waals surface area contributed by atoms with E-state index in [2.05, 4.69) is 23.8 Å². The lowest BCUT2D eigenvalue weighted by molar-refractivity contribution is 0.0734. The molecule has 0 spiro atoms. The molecule has 2 aromatic carbocycles. The highest BCUT2D eigenvalue weighted by molar-refractivity contribution is 7.99. The molecule has 3 aromatic rings. The van der Waals surface area contributed by atoms with Crippen LogP contribution in [0.25, 0.3) is 11.3 Å². The van der Waals surface area contributed by atoms with Crippen LogP contribution in [0.3, 0.4) is 0 Å². The zero-order valence-electron chi connectivity index (χ0n) is 19.5. The number of aromatic nitrogens is 2. The normalized spacial score (nSPS) is 10.7. The van der Waals surface area contributed by atoms with Gasteiger partial charge in [0.25, 0.3) is 0 Å². The van der Waals surface area contributed by atoms with Gasteiger partial charge in [0, 0.05) is 17.5 Å². The number of hydrogen-bond donors (Lipinski definition) is 0. The summed E-state index contributed by atoms with van der Waals surface area (Å²) in [4.78, 5) is 21.5. The first-order chi connectivity index (χ1) is 16.2. The van der Waals surface area contributed by atoms with Crippen LogP contribution < -0.4 is 9.47 Å². The van der Waals surface area contributed by atoms with Crippen molar-refractivity contribution in [1.82, 2.24) is 9.97 Å². The summed E-state index contributed by atoms with van der Waals surface area (Å²) in [5.74, 6) is 1.89. The first kappa shape index (κ1) is 24.8. The van der Waals surface area contributed by atoms with E-state index in [1.165, 1.54) is 19.3 Å². The summed E-state index contributed by atoms with van der Waals surface area (Å²) < 4.78 is 11.2. The van der Waals surface area contributed by atoms with Crippen LogP contribution in [0.2, 0.25) is 0 Å². The van der Waals surface area contributed by atoms with Gasteiger partial charge in [-0.2, -0.15) is 0 Å². The summed E-state index contributed by atoms with van der Waals surface area (Å²) in [6, 6.07) is 16.3. The molecule has 0 fully saturated rings. The van der Waals surface area contributed by atoms with E-state index in [4.69, 9.17) is 9.47 Å². The predicted molar refractivity (Wildman–Crippen MR) is 134 cm³/mol. The fourth-order valence-electron chi connectivity index (χ4n) is 3.18. The van der Waals surface area contributed by atoms with Crippen LogP contribution in [0.4, 0.5) is 0 Å². The quantitative estimate of drug-likeness (QED) is 0.0875. The molecule has 0 unspecified atom stereocenters. The van der Waals surface area contributed by atoms with Gasteiger partial charge in [-0.15, -0.1) is 0 Å². The van der Waals surface area contributed by atoms with Gasteiger partial charge in [-0.1, -0.05) is 51.3 Å². The Hall–Kier alpha value is -2.86. The summed E-state index contributed by atoms with van der Waals surface area (Å²) in [6.45, 7) is 5.05. The number of benzene rings is 2. The van der Waals surface area contributed by atoms with Crippen LogP contribution in [0.1, 0.15) is 62.7 Å². The average Bonchev–Trinajstić information content (AvgIpc) is 2.85. The van der Waals surface area contributed by atoms with Gasteiger partial charge in [0.15, 0.2) is 5.16 Å². The Morgan fingerprint density at radius 1 is 0.848 bits per heavy atom. The number of hydrogen-bond acceptors (Lipinski definition) is 6. The zero-order valence-corrected chi connectivity index (χ0v) is 20.3. The molecule has 33 heavy (non-hydrogen) atoms. The van der Waals surface area contributed by atoms with Gasteiger partial charge in [-0.05, 0) is 67.4 Å². The van der Waals surface area contributed by atoms with Gasteiger partial charge >= 0.3 is 5.97 Å². The summed E-state index contributed by atoms with van der Waals surface area (Å²) in [7, 11) is 0. The lowest BCUT2D eigenvalue weighted by Crippen LogP contribution is -2.08. The van der Waals surface area contributed by atoms with Crippen molar-refractivity contribution in [2.75, 3.05) is 12.4 Å². The third kappa shape index (κ3) is 8.21. The molecular formula is C27H32N2O3S. The Morgan fingerprint density at radius 3 is 2.27 bits per heavy atom. The third-order valence-corrected chi connectivity index (χ3v) is 6.03. The van der Waals surface area contributed by atoms with E-state index >= 15 is 0 Å². The maximum absolute atomic E-state index is 12.5. The van der Waals surface area contributed by atoms with Crippen molar-refractivity contribution in [3.63, 3.8) is 0 Å². The molecule has 0 atom stereocenters. The second kappa shape index (κ2) is 13.6. The highest BCUT2D eigenvalue weighted by Gasteiger charge is 2.10. The fraction of sp³-hybridized carbons (Fsp3) is 0.370. The lowest BCUT2D eigenvalue weighted by atomic mass is 10.1. The van der Waals surface area contributed by atoms with Crippen molar-refractivity contribution in [2.24, 2.45) is 0 Å². The monoisotopic (exact) mass is 464 g/mol. The molecule has 0 saturated heterocycles. The maximum atomic E-state index is 12.5. The number of esters is 1. The van der Waals surface area contributed by atoms with E-state index in [0.717, 1.165) is 47.2 Å². The minimum Gasteiger partial charge on any atom is -0.494 e. The van der Waals surface area contributed by atoms with Crippen molar-refractivity contribution in [3.05, 3.63) is 66.4 Å². The van der Waals surface area contributed by atoms with Gasteiger partial charge in [0.1, 0.15) is 11.5 Å². The number of rotatable bonds is 13. The maximum Gasteiger partial charge on any atom is 0.343 e. The van der Waals surface area contributed by atoms with Gasteiger partial charge in [0.2, 0.25) is 0 Å². The first-order valence-electron chi connectivity index (χ1n) is 11.7. The van der Waals surface area contributed by atoms with Crippen molar-refractivity contribution < 1.29 is 14.3 Å². The summed E-state index contributed by atoms with van der Waals surface area (Å²) in [5.41, 5.74) is 2.30. The minimum absolute atomic E-state index is 0.395. The SMILES string of the molecule is CCCCCOc1ccc(C(=O)Oc2ccc(-c3ccnc(SCCCCC)n3)cc2)cc1. The molecule has 174 valence electrons. The Labute approximate surface area is 201 Å². The van der Waals surface area contributed by atoms with Crippen molar-refractivity contribution in [2.45, 2.75) is 57.5 Å². The molecule has 1 heterocycles. The van der Waals surface area contributed by atoms with Crippen LogP contribution in [0.5, 0.6) is 11.5 Å². The van der Waals surface area contributed by atoms with Crippen LogP contribution in [0, 0.1) is 0 Å². The molecule has 0 aliphatic heterocycles. The molecule has 0 N–H and O–H groups in total. The van der Waals surface area contributed by atoms with Crippen molar-refractivity contribution in [1.29, 1.82) is 0 Å². The van der Waals surface area contributed by atoms with Gasteiger partial charge in [0.05, 0.1) is 17.9 Å². The van der Waals surface area contributed by atoms with E-state index in [1.54, 1.807) is 54.4 Å². The van der Waals surface area contributed by atoms with Crippen LogP contribution in [-0.4, -0.2) is 28.3 Å². The minimum atomic E-state index is -0.395.